The highest BCUT2D eigenvalue weighted by Crippen LogP contribution is 2.35. The number of rotatable bonds is 8. The summed E-state index contributed by atoms with van der Waals surface area (Å²) in [7, 11) is 1.56. The zero-order chi connectivity index (χ0) is 19.3. The third-order valence-corrected chi connectivity index (χ3v) is 6.34. The van der Waals surface area contributed by atoms with E-state index < -0.39 is 0 Å². The first-order chi connectivity index (χ1) is 13.8. The largest absolute Gasteiger partial charge is 0.492 e. The van der Waals surface area contributed by atoms with Crippen LogP contribution in [0.5, 0.6) is 11.5 Å². The van der Waals surface area contributed by atoms with Crippen molar-refractivity contribution < 1.29 is 23.7 Å². The van der Waals surface area contributed by atoms with Crippen LogP contribution in [0.2, 0.25) is 0 Å². The maximum absolute atomic E-state index is 11.6. The quantitative estimate of drug-likeness (QED) is 0.502. The SMILES string of the molecule is COCOc1cccc(OCC2CCCCC2N2C[C@H]3CC[C@H](C2)O3)c1C=O. The molecule has 6 heteroatoms. The summed E-state index contributed by atoms with van der Waals surface area (Å²) in [5.41, 5.74) is 0.455. The topological polar surface area (TPSA) is 57.2 Å². The number of ether oxygens (including phenoxy) is 4. The molecule has 1 aromatic rings. The minimum absolute atomic E-state index is 0.106. The van der Waals surface area contributed by atoms with Crippen LogP contribution in [0, 0.1) is 5.92 Å². The first-order valence-corrected chi connectivity index (χ1v) is 10.5. The van der Waals surface area contributed by atoms with Gasteiger partial charge >= 0.3 is 0 Å². The molecule has 28 heavy (non-hydrogen) atoms. The standard InChI is InChI=1S/C22H31NO5/c1-25-15-27-22-8-4-7-21(19(22)13-24)26-14-16-5-2-3-6-20(16)23-11-17-9-10-18(12-23)28-17/h4,7-8,13,16-18,20H,2-3,5-6,9-12,14-15H2,1H3/t16?,17-,18-,20?/m1/s1. The van der Waals surface area contributed by atoms with E-state index in [1.807, 2.05) is 12.1 Å². The van der Waals surface area contributed by atoms with Gasteiger partial charge in [0.25, 0.3) is 0 Å². The number of hydrogen-bond acceptors (Lipinski definition) is 6. The molecule has 2 unspecified atom stereocenters. The van der Waals surface area contributed by atoms with Crippen molar-refractivity contribution in [2.45, 2.75) is 56.8 Å². The first kappa shape index (κ1) is 19.7. The van der Waals surface area contributed by atoms with Crippen LogP contribution >= 0.6 is 0 Å². The van der Waals surface area contributed by atoms with E-state index >= 15 is 0 Å². The zero-order valence-corrected chi connectivity index (χ0v) is 16.7. The second-order valence-electron chi connectivity index (χ2n) is 8.17. The van der Waals surface area contributed by atoms with E-state index in [0.717, 1.165) is 19.4 Å². The van der Waals surface area contributed by atoms with Crippen LogP contribution in [0.1, 0.15) is 48.9 Å². The molecular weight excluding hydrogens is 358 g/mol. The fourth-order valence-electron chi connectivity index (χ4n) is 4.99. The summed E-state index contributed by atoms with van der Waals surface area (Å²) in [6, 6.07) is 6.01. The molecule has 2 aliphatic heterocycles. The molecule has 1 saturated carbocycles. The normalized spacial score (nSPS) is 30.2. The fraction of sp³-hybridized carbons (Fsp3) is 0.682. The number of nitrogens with zero attached hydrogens (tertiary/aromatic N) is 1. The van der Waals surface area contributed by atoms with E-state index in [4.69, 9.17) is 18.9 Å². The van der Waals surface area contributed by atoms with Crippen LogP contribution in [0.15, 0.2) is 18.2 Å². The predicted octanol–water partition coefficient (Wildman–Crippen LogP) is 3.28. The zero-order valence-electron chi connectivity index (χ0n) is 16.7. The molecule has 0 N–H and O–H groups in total. The summed E-state index contributed by atoms with van der Waals surface area (Å²) >= 11 is 0. The molecule has 2 saturated heterocycles. The van der Waals surface area contributed by atoms with Crippen molar-refractivity contribution in [3.8, 4) is 11.5 Å². The molecule has 3 aliphatic rings. The molecule has 3 fully saturated rings. The van der Waals surface area contributed by atoms with Crippen LogP contribution in [0.3, 0.4) is 0 Å². The molecule has 0 spiro atoms. The van der Waals surface area contributed by atoms with Gasteiger partial charge in [0.1, 0.15) is 11.5 Å². The smallest absolute Gasteiger partial charge is 0.188 e. The van der Waals surface area contributed by atoms with Gasteiger partial charge in [0.2, 0.25) is 0 Å². The van der Waals surface area contributed by atoms with Gasteiger partial charge in [0.15, 0.2) is 13.1 Å². The molecule has 0 radical (unpaired) electrons. The minimum atomic E-state index is 0.106. The van der Waals surface area contributed by atoms with Crippen LogP contribution in [-0.4, -0.2) is 63.0 Å². The van der Waals surface area contributed by atoms with Gasteiger partial charge in [0.05, 0.1) is 24.4 Å². The van der Waals surface area contributed by atoms with Crippen LogP contribution in [-0.2, 0) is 9.47 Å². The average molecular weight is 389 g/mol. The lowest BCUT2D eigenvalue weighted by Gasteiger charge is -2.43. The van der Waals surface area contributed by atoms with E-state index in [2.05, 4.69) is 4.90 Å². The van der Waals surface area contributed by atoms with Crippen LogP contribution in [0.25, 0.3) is 0 Å². The number of fused-ring (bicyclic) bond motifs is 2. The summed E-state index contributed by atoms with van der Waals surface area (Å²) in [6.07, 6.45) is 8.97. The molecule has 0 amide bonds. The molecule has 1 aromatic carbocycles. The average Bonchev–Trinajstić information content (AvgIpc) is 3.08. The molecule has 2 heterocycles. The second kappa shape index (κ2) is 9.25. The number of likely N-dealkylation sites (tertiary alicyclic amines) is 1. The highest BCUT2D eigenvalue weighted by atomic mass is 16.7. The van der Waals surface area contributed by atoms with Gasteiger partial charge in [-0.3, -0.25) is 9.69 Å². The number of morpholine rings is 1. The Morgan fingerprint density at radius 3 is 2.50 bits per heavy atom. The van der Waals surface area contributed by atoms with Crippen LogP contribution in [0.4, 0.5) is 0 Å². The van der Waals surface area contributed by atoms with Crippen molar-refractivity contribution in [3.05, 3.63) is 23.8 Å². The fourth-order valence-corrected chi connectivity index (χ4v) is 4.99. The number of benzene rings is 1. The summed E-state index contributed by atoms with van der Waals surface area (Å²) < 4.78 is 22.6. The molecular formula is C22H31NO5. The Bertz CT molecular complexity index is 654. The summed E-state index contributed by atoms with van der Waals surface area (Å²) in [4.78, 5) is 14.3. The molecule has 4 atom stereocenters. The summed E-state index contributed by atoms with van der Waals surface area (Å²) in [6.45, 7) is 2.84. The van der Waals surface area contributed by atoms with Gasteiger partial charge in [-0.25, -0.2) is 0 Å². The van der Waals surface area contributed by atoms with E-state index in [1.165, 1.54) is 38.5 Å². The maximum atomic E-state index is 11.6. The highest BCUT2D eigenvalue weighted by molar-refractivity contribution is 5.83. The molecule has 4 rings (SSSR count). The molecule has 0 aromatic heterocycles. The van der Waals surface area contributed by atoms with Gasteiger partial charge in [-0.15, -0.1) is 0 Å². The maximum Gasteiger partial charge on any atom is 0.188 e. The Morgan fingerprint density at radius 2 is 1.79 bits per heavy atom. The third kappa shape index (κ3) is 4.34. The van der Waals surface area contributed by atoms with Gasteiger partial charge < -0.3 is 18.9 Å². The van der Waals surface area contributed by atoms with Gasteiger partial charge in [-0.1, -0.05) is 18.9 Å². The highest BCUT2D eigenvalue weighted by Gasteiger charge is 2.39. The van der Waals surface area contributed by atoms with Gasteiger partial charge in [-0.05, 0) is 37.8 Å². The number of aldehydes is 1. The Balaban J connectivity index is 1.42. The van der Waals surface area contributed by atoms with Crippen molar-refractivity contribution in [2.24, 2.45) is 5.92 Å². The molecule has 154 valence electrons. The molecule has 2 bridgehead atoms. The van der Waals surface area contributed by atoms with Crippen molar-refractivity contribution in [1.82, 2.24) is 4.90 Å². The summed E-state index contributed by atoms with van der Waals surface area (Å²) in [5.74, 6) is 1.57. The Morgan fingerprint density at radius 1 is 1.07 bits per heavy atom. The minimum Gasteiger partial charge on any atom is -0.492 e. The second-order valence-corrected chi connectivity index (χ2v) is 8.17. The number of hydrogen-bond donors (Lipinski definition) is 0. The first-order valence-electron chi connectivity index (χ1n) is 10.5. The number of carbonyl (C=O) groups excluding carboxylic acids is 1. The van der Waals surface area contributed by atoms with E-state index in [0.29, 0.717) is 47.8 Å². The van der Waals surface area contributed by atoms with Crippen molar-refractivity contribution in [2.75, 3.05) is 33.6 Å². The molecule has 6 nitrogen and oxygen atoms in total. The Hall–Kier alpha value is -1.63. The predicted molar refractivity (Wildman–Crippen MR) is 105 cm³/mol. The van der Waals surface area contributed by atoms with Crippen LogP contribution < -0.4 is 9.47 Å². The van der Waals surface area contributed by atoms with Gasteiger partial charge in [0, 0.05) is 32.2 Å². The lowest BCUT2D eigenvalue weighted by molar-refractivity contribution is -0.0698. The number of methoxy groups -OCH3 is 1. The van der Waals surface area contributed by atoms with Crippen molar-refractivity contribution in [3.63, 3.8) is 0 Å². The van der Waals surface area contributed by atoms with E-state index in [1.54, 1.807) is 13.2 Å². The van der Waals surface area contributed by atoms with E-state index in [-0.39, 0.29) is 6.79 Å². The number of carbonyl (C=O) groups is 1. The third-order valence-electron chi connectivity index (χ3n) is 6.34. The lowest BCUT2D eigenvalue weighted by Crippen LogP contribution is -2.52. The Labute approximate surface area is 167 Å². The van der Waals surface area contributed by atoms with E-state index in [9.17, 15) is 4.79 Å². The monoisotopic (exact) mass is 389 g/mol. The lowest BCUT2D eigenvalue weighted by atomic mass is 9.83. The Kier molecular flexibility index (Phi) is 6.50. The molecule has 1 aliphatic carbocycles. The van der Waals surface area contributed by atoms with Crippen molar-refractivity contribution >= 4 is 6.29 Å². The van der Waals surface area contributed by atoms with Gasteiger partial charge in [-0.2, -0.15) is 0 Å². The summed E-state index contributed by atoms with van der Waals surface area (Å²) in [5, 5.41) is 0. The van der Waals surface area contributed by atoms with Crippen molar-refractivity contribution in [1.29, 1.82) is 0 Å².